The molecule has 0 bridgehead atoms. The number of unbranched alkanes of at least 4 members (excludes halogenated alkanes) is 1. The molecule has 20 heavy (non-hydrogen) atoms. The van der Waals surface area contributed by atoms with Crippen molar-refractivity contribution in [2.45, 2.75) is 58.4 Å². The van der Waals surface area contributed by atoms with E-state index in [1.54, 1.807) is 0 Å². The molecule has 2 unspecified atom stereocenters. The van der Waals surface area contributed by atoms with Crippen LogP contribution in [-0.4, -0.2) is 36.5 Å². The maximum absolute atomic E-state index is 11.4. The average molecular weight is 277 g/mol. The topological polar surface area (TPSA) is 56.1 Å². The molecular weight excluding hydrogens is 250 g/mol. The number of piperidine rings is 2. The molecule has 0 spiro atoms. The Morgan fingerprint density at radius 3 is 2.95 bits per heavy atom. The van der Waals surface area contributed by atoms with Gasteiger partial charge in [-0.2, -0.15) is 5.26 Å². The summed E-state index contributed by atoms with van der Waals surface area (Å²) < 4.78 is 0. The molecule has 2 aliphatic rings. The minimum atomic E-state index is -0.180. The van der Waals surface area contributed by atoms with E-state index < -0.39 is 0 Å². The first-order valence-electron chi connectivity index (χ1n) is 7.93. The quantitative estimate of drug-likeness (QED) is 0.785. The van der Waals surface area contributed by atoms with Crippen molar-refractivity contribution in [1.82, 2.24) is 10.2 Å². The molecule has 2 fully saturated rings. The number of likely N-dealkylation sites (tertiary alicyclic amines) is 1. The van der Waals surface area contributed by atoms with Gasteiger partial charge in [-0.1, -0.05) is 6.42 Å². The highest BCUT2D eigenvalue weighted by Gasteiger charge is 2.33. The second-order valence-corrected chi connectivity index (χ2v) is 7.01. The monoisotopic (exact) mass is 277 g/mol. The Balaban J connectivity index is 1.66. The molecule has 4 nitrogen and oxygen atoms in total. The van der Waals surface area contributed by atoms with Crippen molar-refractivity contribution in [3.8, 4) is 6.07 Å². The first-order valence-corrected chi connectivity index (χ1v) is 7.93. The van der Waals surface area contributed by atoms with Gasteiger partial charge in [0.05, 0.1) is 11.5 Å². The Kier molecular flexibility index (Phi) is 5.04. The molecule has 2 atom stereocenters. The fraction of sp³-hybridized carbons (Fsp3) is 0.875. The zero-order chi connectivity index (χ0) is 14.6. The summed E-state index contributed by atoms with van der Waals surface area (Å²) in [4.78, 5) is 13.9. The van der Waals surface area contributed by atoms with Gasteiger partial charge in [-0.15, -0.1) is 0 Å². The summed E-state index contributed by atoms with van der Waals surface area (Å²) in [5, 5.41) is 12.1. The van der Waals surface area contributed by atoms with Crippen LogP contribution in [0.2, 0.25) is 0 Å². The van der Waals surface area contributed by atoms with Crippen LogP contribution in [0.4, 0.5) is 0 Å². The van der Waals surface area contributed by atoms with Crippen molar-refractivity contribution in [3.05, 3.63) is 0 Å². The molecule has 0 aromatic heterocycles. The number of hydrogen-bond donors (Lipinski definition) is 1. The summed E-state index contributed by atoms with van der Waals surface area (Å²) in [6, 6.07) is 2.79. The van der Waals surface area contributed by atoms with Crippen molar-refractivity contribution in [3.63, 3.8) is 0 Å². The third kappa shape index (κ3) is 4.21. The maximum atomic E-state index is 11.4. The van der Waals surface area contributed by atoms with Crippen molar-refractivity contribution >= 4 is 5.91 Å². The van der Waals surface area contributed by atoms with E-state index in [2.05, 4.69) is 16.3 Å². The largest absolute Gasteiger partial charge is 0.353 e. The zero-order valence-corrected chi connectivity index (χ0v) is 12.8. The normalized spacial score (nSPS) is 27.6. The van der Waals surface area contributed by atoms with Gasteiger partial charge < -0.3 is 10.2 Å². The standard InChI is InChI=1S/C16H27N3O/c1-16(2,12-17)8-3-4-9-19-10-7-14-13(11-19)5-6-15(20)18-14/h13-14H,3-11H2,1-2H3,(H,18,20). The number of rotatable bonds is 5. The van der Waals surface area contributed by atoms with Crippen molar-refractivity contribution in [2.24, 2.45) is 11.3 Å². The number of hydrogen-bond acceptors (Lipinski definition) is 3. The molecule has 0 aliphatic carbocycles. The predicted octanol–water partition coefficient (Wildman–Crippen LogP) is 2.31. The molecule has 4 heteroatoms. The Bertz CT molecular complexity index is 386. The van der Waals surface area contributed by atoms with Crippen LogP contribution < -0.4 is 5.32 Å². The lowest BCUT2D eigenvalue weighted by molar-refractivity contribution is -0.125. The van der Waals surface area contributed by atoms with Crippen LogP contribution in [0.25, 0.3) is 0 Å². The van der Waals surface area contributed by atoms with Gasteiger partial charge in [-0.25, -0.2) is 0 Å². The predicted molar refractivity (Wildman–Crippen MR) is 79.0 cm³/mol. The van der Waals surface area contributed by atoms with Gasteiger partial charge in [0.25, 0.3) is 0 Å². The van der Waals surface area contributed by atoms with E-state index in [-0.39, 0.29) is 11.3 Å². The molecule has 2 saturated heterocycles. The smallest absolute Gasteiger partial charge is 0.220 e. The molecule has 0 radical (unpaired) electrons. The van der Waals surface area contributed by atoms with Crippen molar-refractivity contribution < 1.29 is 4.79 Å². The van der Waals surface area contributed by atoms with Gasteiger partial charge in [0.1, 0.15) is 0 Å². The Hall–Kier alpha value is -1.08. The van der Waals surface area contributed by atoms with Crippen LogP contribution in [-0.2, 0) is 4.79 Å². The van der Waals surface area contributed by atoms with Gasteiger partial charge in [0.15, 0.2) is 0 Å². The minimum Gasteiger partial charge on any atom is -0.353 e. The van der Waals surface area contributed by atoms with Gasteiger partial charge in [-0.3, -0.25) is 4.79 Å². The van der Waals surface area contributed by atoms with Crippen LogP contribution in [0.1, 0.15) is 52.4 Å². The number of nitrogens with zero attached hydrogens (tertiary/aromatic N) is 2. The summed E-state index contributed by atoms with van der Waals surface area (Å²) in [5.74, 6) is 0.885. The lowest BCUT2D eigenvalue weighted by Gasteiger charge is -2.41. The highest BCUT2D eigenvalue weighted by Crippen LogP contribution is 2.26. The van der Waals surface area contributed by atoms with Crippen molar-refractivity contribution in [2.75, 3.05) is 19.6 Å². The lowest BCUT2D eigenvalue weighted by Crippen LogP contribution is -2.54. The third-order valence-corrected chi connectivity index (χ3v) is 4.74. The van der Waals surface area contributed by atoms with Crippen LogP contribution >= 0.6 is 0 Å². The fourth-order valence-electron chi connectivity index (χ4n) is 3.35. The molecule has 0 saturated carbocycles. The second-order valence-electron chi connectivity index (χ2n) is 7.01. The first kappa shape index (κ1) is 15.3. The van der Waals surface area contributed by atoms with Gasteiger partial charge >= 0.3 is 0 Å². The van der Waals surface area contributed by atoms with Crippen LogP contribution in [0, 0.1) is 22.7 Å². The number of fused-ring (bicyclic) bond motifs is 1. The number of nitrogens with one attached hydrogen (secondary N) is 1. The molecule has 2 heterocycles. The summed E-state index contributed by atoms with van der Waals surface area (Å²) in [7, 11) is 0. The highest BCUT2D eigenvalue weighted by molar-refractivity contribution is 5.77. The summed E-state index contributed by atoms with van der Waals surface area (Å²) in [5.41, 5.74) is -0.180. The van der Waals surface area contributed by atoms with E-state index in [1.807, 2.05) is 13.8 Å². The molecule has 2 rings (SSSR count). The number of nitriles is 1. The first-order chi connectivity index (χ1) is 9.50. The summed E-state index contributed by atoms with van der Waals surface area (Å²) >= 11 is 0. The van der Waals surface area contributed by atoms with E-state index >= 15 is 0 Å². The van der Waals surface area contributed by atoms with Crippen molar-refractivity contribution in [1.29, 1.82) is 5.26 Å². The van der Waals surface area contributed by atoms with Gasteiger partial charge in [0, 0.05) is 25.6 Å². The number of amides is 1. The van der Waals surface area contributed by atoms with E-state index in [1.165, 1.54) is 6.42 Å². The second kappa shape index (κ2) is 6.58. The van der Waals surface area contributed by atoms with Gasteiger partial charge in [-0.05, 0) is 52.0 Å². The Labute approximate surface area is 122 Å². The number of carbonyl (C=O) groups is 1. The average Bonchev–Trinajstić information content (AvgIpc) is 2.43. The molecular formula is C16H27N3O. The number of carbonyl (C=O) groups excluding carboxylic acids is 1. The summed E-state index contributed by atoms with van der Waals surface area (Å²) in [6.45, 7) is 7.40. The SMILES string of the molecule is CC(C)(C#N)CCCCN1CCC2NC(=O)CCC2C1. The van der Waals surface area contributed by atoms with E-state index in [0.717, 1.165) is 45.3 Å². The molecule has 0 aromatic rings. The molecule has 1 amide bonds. The molecule has 112 valence electrons. The maximum Gasteiger partial charge on any atom is 0.220 e. The minimum absolute atomic E-state index is 0.180. The fourth-order valence-corrected chi connectivity index (χ4v) is 3.35. The van der Waals surface area contributed by atoms with Crippen LogP contribution in [0.3, 0.4) is 0 Å². The summed E-state index contributed by atoms with van der Waals surface area (Å²) in [6.07, 6.45) is 6.14. The van der Waals surface area contributed by atoms with Crippen LogP contribution in [0.15, 0.2) is 0 Å². The molecule has 2 aliphatic heterocycles. The highest BCUT2D eigenvalue weighted by atomic mass is 16.1. The van der Waals surface area contributed by atoms with Gasteiger partial charge in [0.2, 0.25) is 5.91 Å². The Morgan fingerprint density at radius 2 is 2.20 bits per heavy atom. The van der Waals surface area contributed by atoms with E-state index in [0.29, 0.717) is 18.4 Å². The molecule has 0 aromatic carbocycles. The third-order valence-electron chi connectivity index (χ3n) is 4.74. The lowest BCUT2D eigenvalue weighted by atomic mass is 9.85. The van der Waals surface area contributed by atoms with E-state index in [4.69, 9.17) is 5.26 Å². The van der Waals surface area contributed by atoms with Crippen LogP contribution in [0.5, 0.6) is 0 Å². The Morgan fingerprint density at radius 1 is 1.40 bits per heavy atom. The zero-order valence-electron chi connectivity index (χ0n) is 12.8. The molecule has 1 N–H and O–H groups in total. The van der Waals surface area contributed by atoms with E-state index in [9.17, 15) is 4.79 Å².